The SMILES string of the molecule is O=C(O)c1cc(S(=O)(=O)N2CCOC(CO)C2)c(Br)o1. The third kappa shape index (κ3) is 2.88. The summed E-state index contributed by atoms with van der Waals surface area (Å²) in [4.78, 5) is 10.5. The Kier molecular flexibility index (Phi) is 4.49. The van der Waals surface area contributed by atoms with E-state index in [0.29, 0.717) is 0 Å². The van der Waals surface area contributed by atoms with E-state index in [-0.39, 0.29) is 35.9 Å². The van der Waals surface area contributed by atoms with E-state index < -0.39 is 27.9 Å². The second kappa shape index (κ2) is 5.82. The first-order valence-electron chi connectivity index (χ1n) is 5.61. The summed E-state index contributed by atoms with van der Waals surface area (Å²) in [6.45, 7) is -0.0115. The molecule has 1 unspecified atom stereocenters. The highest BCUT2D eigenvalue weighted by molar-refractivity contribution is 9.10. The molecule has 20 heavy (non-hydrogen) atoms. The lowest BCUT2D eigenvalue weighted by atomic mass is 10.3. The Balaban J connectivity index is 2.32. The lowest BCUT2D eigenvalue weighted by Gasteiger charge is -2.30. The van der Waals surface area contributed by atoms with Crippen LogP contribution in [0, 0.1) is 0 Å². The molecule has 0 aromatic carbocycles. The number of hydrogen-bond donors (Lipinski definition) is 2. The van der Waals surface area contributed by atoms with Gasteiger partial charge in [0, 0.05) is 19.2 Å². The molecule has 8 nitrogen and oxygen atoms in total. The summed E-state index contributed by atoms with van der Waals surface area (Å²) < 4.78 is 35.8. The fourth-order valence-electron chi connectivity index (χ4n) is 1.79. The predicted molar refractivity (Wildman–Crippen MR) is 69.0 cm³/mol. The molecule has 0 saturated carbocycles. The minimum atomic E-state index is -3.91. The predicted octanol–water partition coefficient (Wildman–Crippen LogP) is 0.122. The molecule has 1 saturated heterocycles. The van der Waals surface area contributed by atoms with E-state index in [2.05, 4.69) is 15.9 Å². The number of hydrogen-bond acceptors (Lipinski definition) is 6. The minimum absolute atomic E-state index is 0.00113. The molecule has 0 aliphatic carbocycles. The van der Waals surface area contributed by atoms with Gasteiger partial charge in [0.15, 0.2) is 4.67 Å². The van der Waals surface area contributed by atoms with Gasteiger partial charge < -0.3 is 19.4 Å². The number of rotatable bonds is 4. The summed E-state index contributed by atoms with van der Waals surface area (Å²) in [7, 11) is -3.91. The van der Waals surface area contributed by atoms with Crippen LogP contribution in [0.15, 0.2) is 20.0 Å². The van der Waals surface area contributed by atoms with Crippen molar-refractivity contribution in [3.63, 3.8) is 0 Å². The van der Waals surface area contributed by atoms with Crippen molar-refractivity contribution in [3.05, 3.63) is 16.5 Å². The van der Waals surface area contributed by atoms with Gasteiger partial charge in [-0.15, -0.1) is 0 Å². The number of sulfonamides is 1. The summed E-state index contributed by atoms with van der Waals surface area (Å²) in [6.07, 6.45) is -0.594. The zero-order valence-electron chi connectivity index (χ0n) is 10.2. The van der Waals surface area contributed by atoms with Crippen molar-refractivity contribution in [2.75, 3.05) is 26.3 Å². The van der Waals surface area contributed by atoms with Crippen molar-refractivity contribution in [2.24, 2.45) is 0 Å². The zero-order chi connectivity index (χ0) is 14.9. The molecule has 0 spiro atoms. The van der Waals surface area contributed by atoms with E-state index in [0.717, 1.165) is 10.4 Å². The van der Waals surface area contributed by atoms with Crippen LogP contribution in [0.1, 0.15) is 10.6 Å². The molecule has 0 bridgehead atoms. The second-order valence-electron chi connectivity index (χ2n) is 4.09. The Bertz CT molecular complexity index is 611. The highest BCUT2D eigenvalue weighted by atomic mass is 79.9. The first-order valence-corrected chi connectivity index (χ1v) is 7.84. The molecule has 0 radical (unpaired) electrons. The van der Waals surface area contributed by atoms with Crippen LogP contribution in [-0.4, -0.2) is 61.3 Å². The molecular weight excluding hydrogens is 358 g/mol. The number of halogens is 1. The van der Waals surface area contributed by atoms with E-state index in [4.69, 9.17) is 19.4 Å². The molecule has 2 rings (SSSR count). The summed E-state index contributed by atoms with van der Waals surface area (Å²) >= 11 is 2.90. The molecule has 2 heterocycles. The third-order valence-electron chi connectivity index (χ3n) is 2.79. The first kappa shape index (κ1) is 15.4. The van der Waals surface area contributed by atoms with Gasteiger partial charge in [0.25, 0.3) is 0 Å². The molecular formula is C10H12BrNO7S. The molecule has 1 fully saturated rings. The van der Waals surface area contributed by atoms with Crippen LogP contribution in [0.25, 0.3) is 0 Å². The molecule has 1 atom stereocenters. The van der Waals surface area contributed by atoms with Gasteiger partial charge in [-0.3, -0.25) is 0 Å². The lowest BCUT2D eigenvalue weighted by Crippen LogP contribution is -2.46. The normalized spacial score (nSPS) is 21.0. The number of aliphatic hydroxyl groups is 1. The summed E-state index contributed by atoms with van der Waals surface area (Å²) in [6, 6.07) is 0.950. The van der Waals surface area contributed by atoms with Crippen LogP contribution in [0.2, 0.25) is 0 Å². The van der Waals surface area contributed by atoms with Gasteiger partial charge in [0.05, 0.1) is 19.3 Å². The van der Waals surface area contributed by atoms with Gasteiger partial charge in [0.1, 0.15) is 4.90 Å². The number of carboxylic acid groups (broad SMARTS) is 1. The zero-order valence-corrected chi connectivity index (χ0v) is 12.6. The van der Waals surface area contributed by atoms with Crippen molar-refractivity contribution in [1.82, 2.24) is 4.31 Å². The maximum absolute atomic E-state index is 12.4. The van der Waals surface area contributed by atoms with Crippen LogP contribution < -0.4 is 0 Å². The monoisotopic (exact) mass is 369 g/mol. The third-order valence-corrected chi connectivity index (χ3v) is 5.51. The quantitative estimate of drug-likeness (QED) is 0.773. The number of ether oxygens (including phenoxy) is 1. The Morgan fingerprint density at radius 1 is 1.55 bits per heavy atom. The summed E-state index contributed by atoms with van der Waals surface area (Å²) in [5.41, 5.74) is 0. The topological polar surface area (TPSA) is 117 Å². The minimum Gasteiger partial charge on any atom is -0.475 e. The van der Waals surface area contributed by atoms with Crippen molar-refractivity contribution < 1.29 is 32.6 Å². The smallest absolute Gasteiger partial charge is 0.371 e. The van der Waals surface area contributed by atoms with E-state index in [1.807, 2.05) is 0 Å². The average Bonchev–Trinajstić information content (AvgIpc) is 2.82. The molecule has 2 N–H and O–H groups in total. The van der Waals surface area contributed by atoms with Crippen molar-refractivity contribution in [1.29, 1.82) is 0 Å². The number of furan rings is 1. The number of aromatic carboxylic acids is 1. The molecule has 1 aliphatic rings. The summed E-state index contributed by atoms with van der Waals surface area (Å²) in [5.74, 6) is -1.83. The fraction of sp³-hybridized carbons (Fsp3) is 0.500. The van der Waals surface area contributed by atoms with E-state index >= 15 is 0 Å². The number of morpholine rings is 1. The van der Waals surface area contributed by atoms with E-state index in [1.165, 1.54) is 0 Å². The van der Waals surface area contributed by atoms with Crippen LogP contribution in [0.4, 0.5) is 0 Å². The van der Waals surface area contributed by atoms with E-state index in [9.17, 15) is 13.2 Å². The number of carboxylic acids is 1. The van der Waals surface area contributed by atoms with Gasteiger partial charge >= 0.3 is 5.97 Å². The highest BCUT2D eigenvalue weighted by Gasteiger charge is 2.34. The maximum Gasteiger partial charge on any atom is 0.371 e. The maximum atomic E-state index is 12.4. The van der Waals surface area contributed by atoms with Crippen LogP contribution in [0.3, 0.4) is 0 Å². The van der Waals surface area contributed by atoms with Gasteiger partial charge in [-0.25, -0.2) is 13.2 Å². The Morgan fingerprint density at radius 2 is 2.25 bits per heavy atom. The van der Waals surface area contributed by atoms with Crippen molar-refractivity contribution in [2.45, 2.75) is 11.0 Å². The van der Waals surface area contributed by atoms with Crippen molar-refractivity contribution in [3.8, 4) is 0 Å². The van der Waals surface area contributed by atoms with Crippen LogP contribution >= 0.6 is 15.9 Å². The van der Waals surface area contributed by atoms with Crippen molar-refractivity contribution >= 4 is 31.9 Å². The first-order chi connectivity index (χ1) is 9.36. The number of aliphatic hydroxyl groups excluding tert-OH is 1. The van der Waals surface area contributed by atoms with E-state index in [1.54, 1.807) is 0 Å². The lowest BCUT2D eigenvalue weighted by molar-refractivity contribution is -0.0304. The average molecular weight is 370 g/mol. The van der Waals surface area contributed by atoms with Gasteiger partial charge in [-0.1, -0.05) is 0 Å². The number of carbonyl (C=O) groups is 1. The van der Waals surface area contributed by atoms with Gasteiger partial charge in [0.2, 0.25) is 15.8 Å². The van der Waals surface area contributed by atoms with Crippen LogP contribution in [-0.2, 0) is 14.8 Å². The molecule has 1 aromatic heterocycles. The second-order valence-corrected chi connectivity index (χ2v) is 6.72. The van der Waals surface area contributed by atoms with Gasteiger partial charge in [-0.05, 0) is 15.9 Å². The number of nitrogens with zero attached hydrogens (tertiary/aromatic N) is 1. The Morgan fingerprint density at radius 3 is 2.80 bits per heavy atom. The fourth-order valence-corrected chi connectivity index (χ4v) is 4.15. The molecule has 1 aliphatic heterocycles. The molecule has 112 valence electrons. The highest BCUT2D eigenvalue weighted by Crippen LogP contribution is 2.29. The molecule has 10 heteroatoms. The Hall–Kier alpha value is -0.940. The largest absolute Gasteiger partial charge is 0.475 e. The summed E-state index contributed by atoms with van der Waals surface area (Å²) in [5, 5.41) is 17.8. The molecule has 1 aromatic rings. The Labute approximate surface area is 123 Å². The van der Waals surface area contributed by atoms with Crippen LogP contribution in [0.5, 0.6) is 0 Å². The standard InChI is InChI=1S/C10H12BrNO7S/c11-9-8(3-7(19-9)10(14)15)20(16,17)12-1-2-18-6(4-12)5-13/h3,6,13H,1-2,4-5H2,(H,14,15). The molecule has 0 amide bonds. The van der Waals surface area contributed by atoms with Gasteiger partial charge in [-0.2, -0.15) is 4.31 Å².